The van der Waals surface area contributed by atoms with Gasteiger partial charge in [0.25, 0.3) is 0 Å². The molecule has 1 heterocycles. The third-order valence-electron chi connectivity index (χ3n) is 1.05. The van der Waals surface area contributed by atoms with Crippen molar-refractivity contribution in [2.75, 3.05) is 6.61 Å². The van der Waals surface area contributed by atoms with Crippen molar-refractivity contribution in [3.63, 3.8) is 0 Å². The van der Waals surface area contributed by atoms with Gasteiger partial charge in [-0.2, -0.15) is 0 Å². The van der Waals surface area contributed by atoms with Gasteiger partial charge >= 0.3 is 5.97 Å². The summed E-state index contributed by atoms with van der Waals surface area (Å²) in [6.45, 7) is 7.30. The van der Waals surface area contributed by atoms with E-state index >= 15 is 0 Å². The molecule has 1 rings (SSSR count). The van der Waals surface area contributed by atoms with Gasteiger partial charge in [-0.1, -0.05) is 13.2 Å². The molecular formula is C6H6O2. The minimum absolute atomic E-state index is 0.317. The molecule has 1 aliphatic rings. The van der Waals surface area contributed by atoms with Crippen LogP contribution in [0.1, 0.15) is 0 Å². The van der Waals surface area contributed by atoms with Crippen LogP contribution < -0.4 is 0 Å². The predicted molar refractivity (Wildman–Crippen MR) is 29.2 cm³/mol. The zero-order valence-electron chi connectivity index (χ0n) is 4.44. The zero-order chi connectivity index (χ0) is 6.15. The van der Waals surface area contributed by atoms with Crippen molar-refractivity contribution in [2.24, 2.45) is 0 Å². The second kappa shape index (κ2) is 1.47. The average Bonchev–Trinajstić information content (AvgIpc) is 1.98. The lowest BCUT2D eigenvalue weighted by Gasteiger charge is -1.81. The van der Waals surface area contributed by atoms with Crippen LogP contribution in [0.25, 0.3) is 0 Å². The van der Waals surface area contributed by atoms with Crippen LogP contribution in [0.2, 0.25) is 0 Å². The van der Waals surface area contributed by atoms with Gasteiger partial charge in [0, 0.05) is 0 Å². The zero-order valence-corrected chi connectivity index (χ0v) is 4.44. The first-order valence-corrected chi connectivity index (χ1v) is 2.26. The SMILES string of the molecule is C=C1COC(=O)C1=C. The van der Waals surface area contributed by atoms with Gasteiger partial charge in [-0.25, -0.2) is 4.79 Å². The summed E-state index contributed by atoms with van der Waals surface area (Å²) in [5.41, 5.74) is 1.10. The van der Waals surface area contributed by atoms with E-state index in [1.54, 1.807) is 0 Å². The molecule has 2 heteroatoms. The van der Waals surface area contributed by atoms with Crippen molar-refractivity contribution in [1.29, 1.82) is 0 Å². The highest BCUT2D eigenvalue weighted by Gasteiger charge is 2.19. The topological polar surface area (TPSA) is 26.3 Å². The Morgan fingerprint density at radius 1 is 1.50 bits per heavy atom. The Hall–Kier alpha value is -1.05. The molecule has 0 N–H and O–H groups in total. The Morgan fingerprint density at radius 2 is 2.12 bits per heavy atom. The van der Waals surface area contributed by atoms with E-state index in [2.05, 4.69) is 17.9 Å². The van der Waals surface area contributed by atoms with Crippen LogP contribution in [0.5, 0.6) is 0 Å². The molecule has 0 saturated carbocycles. The maximum atomic E-state index is 10.4. The summed E-state index contributed by atoms with van der Waals surface area (Å²) in [5, 5.41) is 0. The van der Waals surface area contributed by atoms with Crippen LogP contribution >= 0.6 is 0 Å². The van der Waals surface area contributed by atoms with E-state index in [0.29, 0.717) is 17.8 Å². The van der Waals surface area contributed by atoms with Crippen LogP contribution in [0, 0.1) is 0 Å². The first-order chi connectivity index (χ1) is 3.72. The Balaban J connectivity index is 2.86. The number of ether oxygens (including phenoxy) is 1. The van der Waals surface area contributed by atoms with Crippen LogP contribution in [-0.4, -0.2) is 12.6 Å². The third-order valence-corrected chi connectivity index (χ3v) is 1.05. The van der Waals surface area contributed by atoms with Crippen molar-refractivity contribution in [2.45, 2.75) is 0 Å². The molecule has 0 amide bonds. The van der Waals surface area contributed by atoms with Crippen molar-refractivity contribution in [3.05, 3.63) is 24.3 Å². The molecular weight excluding hydrogens is 104 g/mol. The summed E-state index contributed by atoms with van der Waals surface area (Å²) in [6.07, 6.45) is 0. The van der Waals surface area contributed by atoms with Gasteiger partial charge in [0.15, 0.2) is 0 Å². The molecule has 8 heavy (non-hydrogen) atoms. The molecule has 0 unspecified atom stereocenters. The largest absolute Gasteiger partial charge is 0.457 e. The lowest BCUT2D eigenvalue weighted by Crippen LogP contribution is -1.92. The average molecular weight is 110 g/mol. The lowest BCUT2D eigenvalue weighted by molar-refractivity contribution is -0.134. The van der Waals surface area contributed by atoms with Crippen LogP contribution in [0.4, 0.5) is 0 Å². The Labute approximate surface area is 47.5 Å². The molecule has 1 saturated heterocycles. The van der Waals surface area contributed by atoms with Gasteiger partial charge in [0.2, 0.25) is 0 Å². The number of esters is 1. The minimum Gasteiger partial charge on any atom is -0.457 e. The fourth-order valence-corrected chi connectivity index (χ4v) is 0.471. The summed E-state index contributed by atoms with van der Waals surface area (Å²) in [4.78, 5) is 10.4. The molecule has 0 aromatic heterocycles. The van der Waals surface area contributed by atoms with Gasteiger partial charge < -0.3 is 4.74 Å². The number of carbonyl (C=O) groups excluding carboxylic acids is 1. The Kier molecular flexibility index (Phi) is 0.938. The van der Waals surface area contributed by atoms with Gasteiger partial charge in [0.1, 0.15) is 6.61 Å². The summed E-state index contributed by atoms with van der Waals surface area (Å²) in [7, 11) is 0. The minimum atomic E-state index is -0.338. The normalized spacial score (nSPS) is 19.2. The monoisotopic (exact) mass is 110 g/mol. The van der Waals surface area contributed by atoms with Crippen molar-refractivity contribution >= 4 is 5.97 Å². The van der Waals surface area contributed by atoms with Gasteiger partial charge in [-0.05, 0) is 5.57 Å². The summed E-state index contributed by atoms with van der Waals surface area (Å²) < 4.78 is 4.54. The standard InChI is InChI=1S/C6H6O2/c1-4-3-8-6(7)5(4)2/h1-3H2. The van der Waals surface area contributed by atoms with E-state index < -0.39 is 0 Å². The highest BCUT2D eigenvalue weighted by molar-refractivity contribution is 5.95. The van der Waals surface area contributed by atoms with E-state index in [-0.39, 0.29) is 5.97 Å². The van der Waals surface area contributed by atoms with Crippen molar-refractivity contribution in [1.82, 2.24) is 0 Å². The number of carbonyl (C=O) groups is 1. The van der Waals surface area contributed by atoms with Gasteiger partial charge in [-0.3, -0.25) is 0 Å². The summed E-state index contributed by atoms with van der Waals surface area (Å²) in [6, 6.07) is 0. The predicted octanol–water partition coefficient (Wildman–Crippen LogP) is 0.656. The first-order valence-electron chi connectivity index (χ1n) is 2.26. The highest BCUT2D eigenvalue weighted by Crippen LogP contribution is 2.14. The highest BCUT2D eigenvalue weighted by atomic mass is 16.5. The van der Waals surface area contributed by atoms with Crippen LogP contribution in [0.15, 0.2) is 24.3 Å². The fraction of sp³-hybridized carbons (Fsp3) is 0.167. The van der Waals surface area contributed by atoms with Crippen LogP contribution in [-0.2, 0) is 9.53 Å². The smallest absolute Gasteiger partial charge is 0.338 e. The summed E-state index contributed by atoms with van der Waals surface area (Å²) in [5.74, 6) is -0.338. The number of hydrogen-bond donors (Lipinski definition) is 0. The molecule has 1 aliphatic heterocycles. The molecule has 0 atom stereocenters. The maximum Gasteiger partial charge on any atom is 0.338 e. The molecule has 1 fully saturated rings. The second-order valence-electron chi connectivity index (χ2n) is 1.66. The first kappa shape index (κ1) is 5.09. The lowest BCUT2D eigenvalue weighted by atomic mass is 10.2. The van der Waals surface area contributed by atoms with E-state index in [9.17, 15) is 4.79 Å². The molecule has 0 bridgehead atoms. The molecule has 42 valence electrons. The van der Waals surface area contributed by atoms with Crippen molar-refractivity contribution in [3.8, 4) is 0 Å². The Morgan fingerprint density at radius 3 is 2.25 bits per heavy atom. The quantitative estimate of drug-likeness (QED) is 0.338. The van der Waals surface area contributed by atoms with Gasteiger partial charge in [0.05, 0.1) is 5.57 Å². The summed E-state index contributed by atoms with van der Waals surface area (Å²) >= 11 is 0. The molecule has 0 radical (unpaired) electrons. The Bertz CT molecular complexity index is 149. The maximum absolute atomic E-state index is 10.4. The van der Waals surface area contributed by atoms with E-state index in [4.69, 9.17) is 0 Å². The number of hydrogen-bond acceptors (Lipinski definition) is 2. The molecule has 0 spiro atoms. The van der Waals surface area contributed by atoms with Crippen LogP contribution in [0.3, 0.4) is 0 Å². The van der Waals surface area contributed by atoms with Crippen molar-refractivity contribution < 1.29 is 9.53 Å². The number of rotatable bonds is 0. The fourth-order valence-electron chi connectivity index (χ4n) is 0.471. The molecule has 2 nitrogen and oxygen atoms in total. The van der Waals surface area contributed by atoms with E-state index in [1.807, 2.05) is 0 Å². The molecule has 0 aliphatic carbocycles. The van der Waals surface area contributed by atoms with Gasteiger partial charge in [-0.15, -0.1) is 0 Å². The van der Waals surface area contributed by atoms with E-state index in [1.165, 1.54) is 0 Å². The molecule has 0 aromatic carbocycles. The second-order valence-corrected chi connectivity index (χ2v) is 1.66. The van der Waals surface area contributed by atoms with E-state index in [0.717, 1.165) is 0 Å². The number of cyclic esters (lactones) is 1. The molecule has 0 aromatic rings. The third kappa shape index (κ3) is 0.541.